The van der Waals surface area contributed by atoms with Crippen molar-refractivity contribution in [2.75, 3.05) is 33.2 Å². The van der Waals surface area contributed by atoms with Crippen LogP contribution in [0.2, 0.25) is 0 Å². The van der Waals surface area contributed by atoms with E-state index >= 15 is 0 Å². The van der Waals surface area contributed by atoms with Crippen molar-refractivity contribution in [1.29, 1.82) is 0 Å². The molecule has 0 aliphatic rings. The summed E-state index contributed by atoms with van der Waals surface area (Å²) in [6.07, 6.45) is 1.19. The van der Waals surface area contributed by atoms with Crippen LogP contribution < -0.4 is 10.6 Å². The second-order valence-corrected chi connectivity index (χ2v) is 4.31. The summed E-state index contributed by atoms with van der Waals surface area (Å²) >= 11 is 0. The molecule has 0 rings (SSSR count). The topological polar surface area (TPSA) is 27.3 Å². The zero-order valence-electron chi connectivity index (χ0n) is 11.1. The zero-order chi connectivity index (χ0) is 11.7. The number of nitrogens with one attached hydrogen (secondary N) is 2. The summed E-state index contributed by atoms with van der Waals surface area (Å²) in [7, 11) is 2.02. The highest BCUT2D eigenvalue weighted by molar-refractivity contribution is 4.68. The van der Waals surface area contributed by atoms with Gasteiger partial charge in [-0.3, -0.25) is 0 Å². The van der Waals surface area contributed by atoms with E-state index in [1.54, 1.807) is 0 Å². The summed E-state index contributed by atoms with van der Waals surface area (Å²) in [5, 5.41) is 6.83. The highest BCUT2D eigenvalue weighted by Crippen LogP contribution is 1.96. The van der Waals surface area contributed by atoms with Gasteiger partial charge in [0, 0.05) is 25.2 Å². The summed E-state index contributed by atoms with van der Waals surface area (Å²) in [5.41, 5.74) is 0. The molecule has 2 unspecified atom stereocenters. The molecule has 3 nitrogen and oxygen atoms in total. The Morgan fingerprint density at radius 1 is 1.07 bits per heavy atom. The first kappa shape index (κ1) is 14.9. The molecule has 0 heterocycles. The quantitative estimate of drug-likeness (QED) is 0.607. The van der Waals surface area contributed by atoms with Crippen LogP contribution in [-0.2, 0) is 0 Å². The number of hydrogen-bond acceptors (Lipinski definition) is 3. The molecule has 0 fully saturated rings. The molecule has 0 saturated heterocycles. The minimum Gasteiger partial charge on any atom is -0.317 e. The third-order valence-corrected chi connectivity index (χ3v) is 3.02. The molecule has 0 aromatic heterocycles. The standard InChI is InChI=1S/C12H29N3/c1-6-15(7-2)9-8-14-12(4)10-11(3)13-5/h11-14H,6-10H2,1-5H3. The van der Waals surface area contributed by atoms with E-state index in [0.29, 0.717) is 12.1 Å². The summed E-state index contributed by atoms with van der Waals surface area (Å²) in [6, 6.07) is 1.20. The Bertz CT molecular complexity index is 135. The van der Waals surface area contributed by atoms with Crippen LogP contribution in [0.1, 0.15) is 34.1 Å². The van der Waals surface area contributed by atoms with E-state index in [1.165, 1.54) is 6.42 Å². The maximum atomic E-state index is 3.57. The van der Waals surface area contributed by atoms with Gasteiger partial charge in [0.1, 0.15) is 0 Å². The first-order valence-electron chi connectivity index (χ1n) is 6.26. The molecule has 2 N–H and O–H groups in total. The first-order valence-corrected chi connectivity index (χ1v) is 6.26. The second kappa shape index (κ2) is 9.13. The van der Waals surface area contributed by atoms with Gasteiger partial charge in [-0.05, 0) is 40.4 Å². The molecular weight excluding hydrogens is 186 g/mol. The SMILES string of the molecule is CCN(CC)CCNC(C)CC(C)NC. The fraction of sp³-hybridized carbons (Fsp3) is 1.00. The molecule has 0 saturated carbocycles. The maximum Gasteiger partial charge on any atom is 0.0107 e. The van der Waals surface area contributed by atoms with Crippen LogP contribution in [0.4, 0.5) is 0 Å². The third-order valence-electron chi connectivity index (χ3n) is 3.02. The van der Waals surface area contributed by atoms with Crippen LogP contribution in [0.25, 0.3) is 0 Å². The van der Waals surface area contributed by atoms with Crippen LogP contribution in [0.5, 0.6) is 0 Å². The van der Waals surface area contributed by atoms with E-state index < -0.39 is 0 Å². The minimum absolute atomic E-state index is 0.598. The van der Waals surface area contributed by atoms with Crippen LogP contribution in [0.3, 0.4) is 0 Å². The Balaban J connectivity index is 3.49. The van der Waals surface area contributed by atoms with E-state index in [2.05, 4.69) is 43.2 Å². The number of nitrogens with zero attached hydrogens (tertiary/aromatic N) is 1. The molecule has 0 radical (unpaired) electrons. The number of likely N-dealkylation sites (N-methyl/N-ethyl adjacent to an activating group) is 1. The lowest BCUT2D eigenvalue weighted by Gasteiger charge is -2.22. The molecule has 2 atom stereocenters. The normalized spacial score (nSPS) is 15.6. The molecule has 92 valence electrons. The average Bonchev–Trinajstić information content (AvgIpc) is 2.24. The molecule has 0 spiro atoms. The Kier molecular flexibility index (Phi) is 9.06. The molecule has 0 aliphatic carbocycles. The molecule has 0 amide bonds. The predicted octanol–water partition coefficient (Wildman–Crippen LogP) is 1.30. The number of rotatable bonds is 9. The van der Waals surface area contributed by atoms with Gasteiger partial charge in [0.05, 0.1) is 0 Å². The van der Waals surface area contributed by atoms with Gasteiger partial charge in [0.15, 0.2) is 0 Å². The summed E-state index contributed by atoms with van der Waals surface area (Å²) < 4.78 is 0. The fourth-order valence-corrected chi connectivity index (χ4v) is 1.74. The predicted molar refractivity (Wildman–Crippen MR) is 68.4 cm³/mol. The van der Waals surface area contributed by atoms with E-state index in [4.69, 9.17) is 0 Å². The monoisotopic (exact) mass is 215 g/mol. The van der Waals surface area contributed by atoms with Gasteiger partial charge in [-0.25, -0.2) is 0 Å². The van der Waals surface area contributed by atoms with Gasteiger partial charge in [0.25, 0.3) is 0 Å². The molecule has 3 heteroatoms. The van der Waals surface area contributed by atoms with E-state index in [-0.39, 0.29) is 0 Å². The minimum atomic E-state index is 0.598. The summed E-state index contributed by atoms with van der Waals surface area (Å²) in [5.74, 6) is 0. The summed E-state index contributed by atoms with van der Waals surface area (Å²) in [6.45, 7) is 13.5. The maximum absolute atomic E-state index is 3.57. The van der Waals surface area contributed by atoms with Gasteiger partial charge in [0.2, 0.25) is 0 Å². The van der Waals surface area contributed by atoms with Crippen LogP contribution in [0, 0.1) is 0 Å². The van der Waals surface area contributed by atoms with Gasteiger partial charge >= 0.3 is 0 Å². The Morgan fingerprint density at radius 3 is 2.13 bits per heavy atom. The molecule has 0 aliphatic heterocycles. The lowest BCUT2D eigenvalue weighted by atomic mass is 10.1. The zero-order valence-corrected chi connectivity index (χ0v) is 11.1. The second-order valence-electron chi connectivity index (χ2n) is 4.31. The third kappa shape index (κ3) is 7.77. The van der Waals surface area contributed by atoms with Crippen molar-refractivity contribution in [3.63, 3.8) is 0 Å². The molecule has 0 aromatic rings. The number of hydrogen-bond donors (Lipinski definition) is 2. The van der Waals surface area contributed by atoms with E-state index in [9.17, 15) is 0 Å². The highest BCUT2D eigenvalue weighted by Gasteiger charge is 2.06. The summed E-state index contributed by atoms with van der Waals surface area (Å²) in [4.78, 5) is 2.45. The first-order chi connectivity index (χ1) is 7.13. The highest BCUT2D eigenvalue weighted by atomic mass is 15.1. The largest absolute Gasteiger partial charge is 0.317 e. The molecule has 0 aromatic carbocycles. The van der Waals surface area contributed by atoms with Crippen LogP contribution >= 0.6 is 0 Å². The van der Waals surface area contributed by atoms with Crippen molar-refractivity contribution in [1.82, 2.24) is 15.5 Å². The smallest absolute Gasteiger partial charge is 0.0107 e. The Hall–Kier alpha value is -0.120. The van der Waals surface area contributed by atoms with Gasteiger partial charge in [-0.1, -0.05) is 13.8 Å². The van der Waals surface area contributed by atoms with Gasteiger partial charge in [-0.15, -0.1) is 0 Å². The van der Waals surface area contributed by atoms with E-state index in [0.717, 1.165) is 26.2 Å². The van der Waals surface area contributed by atoms with Crippen molar-refractivity contribution in [2.24, 2.45) is 0 Å². The van der Waals surface area contributed by atoms with Crippen molar-refractivity contribution < 1.29 is 0 Å². The van der Waals surface area contributed by atoms with Crippen molar-refractivity contribution in [3.8, 4) is 0 Å². The van der Waals surface area contributed by atoms with E-state index in [1.807, 2.05) is 7.05 Å². The molecular formula is C12H29N3. The lowest BCUT2D eigenvalue weighted by Crippen LogP contribution is -2.38. The van der Waals surface area contributed by atoms with Crippen molar-refractivity contribution >= 4 is 0 Å². The van der Waals surface area contributed by atoms with Gasteiger partial charge in [-0.2, -0.15) is 0 Å². The van der Waals surface area contributed by atoms with Crippen LogP contribution in [0.15, 0.2) is 0 Å². The lowest BCUT2D eigenvalue weighted by molar-refractivity contribution is 0.294. The van der Waals surface area contributed by atoms with Gasteiger partial charge < -0.3 is 15.5 Å². The van der Waals surface area contributed by atoms with Crippen molar-refractivity contribution in [2.45, 2.75) is 46.2 Å². The molecule has 15 heavy (non-hydrogen) atoms. The Labute approximate surface area is 95.6 Å². The fourth-order valence-electron chi connectivity index (χ4n) is 1.74. The average molecular weight is 215 g/mol. The van der Waals surface area contributed by atoms with Crippen LogP contribution in [-0.4, -0.2) is 50.2 Å². The van der Waals surface area contributed by atoms with Crippen molar-refractivity contribution in [3.05, 3.63) is 0 Å². The molecule has 0 bridgehead atoms. The Morgan fingerprint density at radius 2 is 1.67 bits per heavy atom.